The molecule has 2 aromatic rings. The van der Waals surface area contributed by atoms with E-state index in [2.05, 4.69) is 0 Å². The Kier molecular flexibility index (Phi) is 4.12. The summed E-state index contributed by atoms with van der Waals surface area (Å²) < 4.78 is 24.2. The fourth-order valence-electron chi connectivity index (χ4n) is 1.62. The van der Waals surface area contributed by atoms with Gasteiger partial charge in [0.05, 0.1) is 7.11 Å². The molecule has 2 N–H and O–H groups in total. The highest BCUT2D eigenvalue weighted by Gasteiger charge is 2.08. The lowest BCUT2D eigenvalue weighted by atomic mass is 10.2. The number of nitrogens with two attached hydrogens (primary N) is 1. The summed E-state index contributed by atoms with van der Waals surface area (Å²) in [6.45, 7) is 0.0478. The monoisotopic (exact) mass is 281 g/mol. The van der Waals surface area contributed by atoms with E-state index in [1.807, 2.05) is 0 Å². The van der Waals surface area contributed by atoms with Gasteiger partial charge in [-0.25, -0.2) is 4.39 Å². The van der Waals surface area contributed by atoms with Crippen molar-refractivity contribution in [3.05, 3.63) is 52.8 Å². The van der Waals surface area contributed by atoms with E-state index >= 15 is 0 Å². The van der Waals surface area contributed by atoms with Crippen molar-refractivity contribution in [1.29, 1.82) is 0 Å². The summed E-state index contributed by atoms with van der Waals surface area (Å²) in [6, 6.07) is 9.33. The molecule has 0 saturated carbocycles. The molecule has 0 aromatic heterocycles. The third kappa shape index (κ3) is 3.29. The Morgan fingerprint density at radius 3 is 2.68 bits per heavy atom. The van der Waals surface area contributed by atoms with Crippen LogP contribution < -0.4 is 15.2 Å². The van der Waals surface area contributed by atoms with Crippen molar-refractivity contribution in [2.75, 3.05) is 12.8 Å². The van der Waals surface area contributed by atoms with Crippen molar-refractivity contribution in [3.63, 3.8) is 0 Å². The first-order chi connectivity index (χ1) is 9.10. The van der Waals surface area contributed by atoms with Crippen molar-refractivity contribution >= 4 is 17.3 Å². The summed E-state index contributed by atoms with van der Waals surface area (Å²) in [5.74, 6) is 0.630. The van der Waals surface area contributed by atoms with Gasteiger partial charge in [-0.15, -0.1) is 0 Å². The molecular formula is C14H13ClFNO2. The van der Waals surface area contributed by atoms with Crippen LogP contribution in [-0.2, 0) is 6.61 Å². The van der Waals surface area contributed by atoms with Gasteiger partial charge < -0.3 is 15.2 Å². The molecule has 0 spiro atoms. The molecule has 0 radical (unpaired) electrons. The molecule has 3 nitrogen and oxygen atoms in total. The molecule has 0 unspecified atom stereocenters. The minimum Gasteiger partial charge on any atom is -0.493 e. The van der Waals surface area contributed by atoms with Gasteiger partial charge in [-0.05, 0) is 30.3 Å². The second-order valence-corrected chi connectivity index (χ2v) is 4.37. The van der Waals surface area contributed by atoms with Crippen LogP contribution in [0.5, 0.6) is 11.5 Å². The average molecular weight is 282 g/mol. The second kappa shape index (κ2) is 5.80. The molecule has 19 heavy (non-hydrogen) atoms. The van der Waals surface area contributed by atoms with Gasteiger partial charge in [-0.3, -0.25) is 0 Å². The zero-order chi connectivity index (χ0) is 13.8. The average Bonchev–Trinajstić information content (AvgIpc) is 2.40. The highest BCUT2D eigenvalue weighted by molar-refractivity contribution is 6.30. The summed E-state index contributed by atoms with van der Waals surface area (Å²) in [4.78, 5) is 0. The van der Waals surface area contributed by atoms with Gasteiger partial charge in [0.25, 0.3) is 0 Å². The highest BCUT2D eigenvalue weighted by Crippen LogP contribution is 2.30. The zero-order valence-corrected chi connectivity index (χ0v) is 11.1. The first-order valence-corrected chi connectivity index (χ1v) is 5.98. The van der Waals surface area contributed by atoms with E-state index in [0.29, 0.717) is 27.8 Å². The number of nitrogen functional groups attached to an aromatic ring is 1. The topological polar surface area (TPSA) is 44.5 Å². The summed E-state index contributed by atoms with van der Waals surface area (Å²) in [7, 11) is 1.53. The Bertz CT molecular complexity index is 590. The number of halogens is 2. The zero-order valence-electron chi connectivity index (χ0n) is 10.3. The van der Waals surface area contributed by atoms with Gasteiger partial charge >= 0.3 is 0 Å². The fraction of sp³-hybridized carbons (Fsp3) is 0.143. The quantitative estimate of drug-likeness (QED) is 0.870. The van der Waals surface area contributed by atoms with Crippen molar-refractivity contribution in [3.8, 4) is 11.5 Å². The second-order valence-electron chi connectivity index (χ2n) is 3.93. The lowest BCUT2D eigenvalue weighted by Gasteiger charge is -2.12. The van der Waals surface area contributed by atoms with Crippen LogP contribution in [0, 0.1) is 5.82 Å². The first kappa shape index (κ1) is 13.5. The van der Waals surface area contributed by atoms with Gasteiger partial charge in [0.15, 0.2) is 11.5 Å². The van der Waals surface area contributed by atoms with Gasteiger partial charge in [0.2, 0.25) is 0 Å². The van der Waals surface area contributed by atoms with Crippen LogP contribution in [0.3, 0.4) is 0 Å². The van der Waals surface area contributed by atoms with Gasteiger partial charge in [-0.2, -0.15) is 0 Å². The van der Waals surface area contributed by atoms with Crippen LogP contribution >= 0.6 is 11.6 Å². The maximum absolute atomic E-state index is 13.5. The summed E-state index contributed by atoms with van der Waals surface area (Å²) in [6.07, 6.45) is 0. The molecule has 0 fully saturated rings. The molecule has 0 bridgehead atoms. The predicted molar refractivity (Wildman–Crippen MR) is 73.1 cm³/mol. The van der Waals surface area contributed by atoms with Gasteiger partial charge in [-0.1, -0.05) is 11.6 Å². The van der Waals surface area contributed by atoms with Gasteiger partial charge in [0.1, 0.15) is 12.4 Å². The normalized spacial score (nSPS) is 10.3. The smallest absolute Gasteiger partial charge is 0.163 e. The van der Waals surface area contributed by atoms with E-state index in [9.17, 15) is 4.39 Å². The minimum absolute atomic E-state index is 0.0478. The molecule has 0 atom stereocenters. The molecule has 5 heteroatoms. The maximum Gasteiger partial charge on any atom is 0.163 e. The first-order valence-electron chi connectivity index (χ1n) is 5.60. The van der Waals surface area contributed by atoms with E-state index in [0.717, 1.165) is 0 Å². The number of anilines is 1. The Hall–Kier alpha value is -1.94. The molecule has 0 aliphatic carbocycles. The molecular weight excluding hydrogens is 269 g/mol. The van der Waals surface area contributed by atoms with Crippen LogP contribution in [0.25, 0.3) is 0 Å². The van der Waals surface area contributed by atoms with Crippen LogP contribution in [0.1, 0.15) is 5.56 Å². The maximum atomic E-state index is 13.5. The Morgan fingerprint density at radius 1 is 1.16 bits per heavy atom. The van der Waals surface area contributed by atoms with E-state index in [4.69, 9.17) is 26.8 Å². The Morgan fingerprint density at radius 2 is 1.95 bits per heavy atom. The fourth-order valence-corrected chi connectivity index (χ4v) is 1.81. The molecule has 2 rings (SSSR count). The van der Waals surface area contributed by atoms with E-state index < -0.39 is 0 Å². The van der Waals surface area contributed by atoms with Crippen molar-refractivity contribution < 1.29 is 13.9 Å². The molecule has 0 heterocycles. The van der Waals surface area contributed by atoms with Crippen molar-refractivity contribution in [1.82, 2.24) is 0 Å². The third-order valence-corrected chi connectivity index (χ3v) is 2.81. The molecule has 0 saturated heterocycles. The van der Waals surface area contributed by atoms with Crippen LogP contribution in [-0.4, -0.2) is 7.11 Å². The highest BCUT2D eigenvalue weighted by atomic mass is 35.5. The molecule has 0 aliphatic rings. The molecule has 100 valence electrons. The minimum atomic E-state index is -0.368. The van der Waals surface area contributed by atoms with E-state index in [1.165, 1.54) is 25.3 Å². The van der Waals surface area contributed by atoms with E-state index in [-0.39, 0.29) is 12.4 Å². The largest absolute Gasteiger partial charge is 0.493 e. The number of hydrogen-bond acceptors (Lipinski definition) is 3. The third-order valence-electron chi connectivity index (χ3n) is 2.58. The number of methoxy groups -OCH3 is 1. The standard InChI is InChI=1S/C14H13ClFNO2/c1-18-13-5-3-11(17)7-14(13)19-8-9-6-10(15)2-4-12(9)16/h2-7H,8,17H2,1H3. The lowest BCUT2D eigenvalue weighted by molar-refractivity contribution is 0.280. The predicted octanol–water partition coefficient (Wildman–Crippen LogP) is 3.65. The van der Waals surface area contributed by atoms with Crippen LogP contribution in [0.2, 0.25) is 5.02 Å². The van der Waals surface area contributed by atoms with Gasteiger partial charge in [0, 0.05) is 22.3 Å². The lowest BCUT2D eigenvalue weighted by Crippen LogP contribution is -2.00. The summed E-state index contributed by atoms with van der Waals surface area (Å²) in [5, 5.41) is 0.458. The molecule has 0 amide bonds. The number of ether oxygens (including phenoxy) is 2. The number of benzene rings is 2. The van der Waals surface area contributed by atoms with E-state index in [1.54, 1.807) is 18.2 Å². The van der Waals surface area contributed by atoms with Crippen LogP contribution in [0.15, 0.2) is 36.4 Å². The molecule has 0 aliphatic heterocycles. The van der Waals surface area contributed by atoms with Crippen molar-refractivity contribution in [2.24, 2.45) is 0 Å². The van der Waals surface area contributed by atoms with Crippen molar-refractivity contribution in [2.45, 2.75) is 6.61 Å². The van der Waals surface area contributed by atoms with Crippen LogP contribution in [0.4, 0.5) is 10.1 Å². The Labute approximate surface area is 115 Å². The Balaban J connectivity index is 2.18. The SMILES string of the molecule is COc1ccc(N)cc1OCc1cc(Cl)ccc1F. The summed E-state index contributed by atoms with van der Waals surface area (Å²) >= 11 is 5.82. The summed E-state index contributed by atoms with van der Waals surface area (Å²) in [5.41, 5.74) is 6.59. The number of rotatable bonds is 4. The molecule has 2 aromatic carbocycles. The number of hydrogen-bond donors (Lipinski definition) is 1.